The molecule has 2 amide bonds. The number of amides is 2. The van der Waals surface area contributed by atoms with Gasteiger partial charge in [-0.3, -0.25) is 9.59 Å². The Balaban J connectivity index is 1.61. The molecule has 0 aliphatic heterocycles. The summed E-state index contributed by atoms with van der Waals surface area (Å²) in [5, 5.41) is 23.5. The van der Waals surface area contributed by atoms with Crippen molar-refractivity contribution in [1.82, 2.24) is 20.1 Å². The minimum absolute atomic E-state index is 0.00294. The first kappa shape index (κ1) is 24.5. The summed E-state index contributed by atoms with van der Waals surface area (Å²) < 4.78 is 19.9. The van der Waals surface area contributed by atoms with Gasteiger partial charge in [-0.2, -0.15) is 0 Å². The van der Waals surface area contributed by atoms with Gasteiger partial charge in [0.2, 0.25) is 5.91 Å². The summed E-state index contributed by atoms with van der Waals surface area (Å²) in [5.74, 6) is -0.374. The quantitative estimate of drug-likeness (QED) is 0.392. The maximum atomic E-state index is 13.2. The summed E-state index contributed by atoms with van der Waals surface area (Å²) >= 11 is 6.83. The number of nitrogens with zero attached hydrogens (tertiary/aromatic N) is 3. The number of rotatable bonds is 9. The molecule has 0 aliphatic carbocycles. The number of nitrogens with one attached hydrogen (secondary N) is 2. The fourth-order valence-electron chi connectivity index (χ4n) is 2.83. The maximum Gasteiger partial charge on any atom is 0.251 e. The summed E-state index contributed by atoms with van der Waals surface area (Å²) in [6, 6.07) is 9.60. The smallest absolute Gasteiger partial charge is 0.251 e. The van der Waals surface area contributed by atoms with Crippen LogP contribution in [-0.2, 0) is 11.8 Å². The van der Waals surface area contributed by atoms with Crippen molar-refractivity contribution in [2.45, 2.75) is 11.2 Å². The molecule has 0 spiro atoms. The zero-order valence-electron chi connectivity index (χ0n) is 17.7. The Hall–Kier alpha value is -3.15. The molecule has 2 aromatic carbocycles. The lowest BCUT2D eigenvalue weighted by Crippen LogP contribution is -2.32. The second-order valence-corrected chi connectivity index (χ2v) is 8.15. The van der Waals surface area contributed by atoms with Crippen LogP contribution in [0.15, 0.2) is 47.6 Å². The maximum absolute atomic E-state index is 13.2. The van der Waals surface area contributed by atoms with Crippen LogP contribution in [0.3, 0.4) is 0 Å². The molecular weight excluding hydrogens is 473 g/mol. The number of benzene rings is 2. The number of methoxy groups -OCH3 is 1. The molecule has 0 bridgehead atoms. The molecule has 0 aliphatic rings. The number of anilines is 1. The molecule has 9 nitrogen and oxygen atoms in total. The van der Waals surface area contributed by atoms with Crippen LogP contribution >= 0.6 is 23.4 Å². The Morgan fingerprint density at radius 3 is 2.61 bits per heavy atom. The fourth-order valence-corrected chi connectivity index (χ4v) is 3.73. The Bertz CT molecular complexity index is 1140. The predicted octanol–water partition coefficient (Wildman–Crippen LogP) is 2.81. The molecular formula is C21H21ClFN5O4S. The SMILES string of the molecule is COc1ccc(C(=O)N[C@@H](CO)c2nnc(SCC(=O)Nc3ccc(F)c(Cl)c3)n2C)cc1. The van der Waals surface area contributed by atoms with Crippen LogP contribution in [0.25, 0.3) is 0 Å². The van der Waals surface area contributed by atoms with Gasteiger partial charge in [-0.25, -0.2) is 4.39 Å². The zero-order valence-corrected chi connectivity index (χ0v) is 19.3. The fraction of sp³-hybridized carbons (Fsp3) is 0.238. The van der Waals surface area contributed by atoms with Crippen molar-refractivity contribution in [3.8, 4) is 5.75 Å². The number of aromatic nitrogens is 3. The first-order chi connectivity index (χ1) is 15.8. The number of halogens is 2. The third-order valence-electron chi connectivity index (χ3n) is 4.56. The standard InChI is InChI=1S/C21H21ClFN5O4S/c1-28-19(17(10-29)25-20(31)12-3-6-14(32-2)7-4-12)26-27-21(28)33-11-18(30)24-13-5-8-16(23)15(22)9-13/h3-9,17,29H,10-11H2,1-2H3,(H,24,30)(H,25,31)/t17-/m0/s1. The molecule has 0 saturated carbocycles. The van der Waals surface area contributed by atoms with Crippen molar-refractivity contribution in [2.75, 3.05) is 24.8 Å². The monoisotopic (exact) mass is 493 g/mol. The van der Waals surface area contributed by atoms with Gasteiger partial charge < -0.3 is 25.0 Å². The van der Waals surface area contributed by atoms with E-state index < -0.39 is 24.4 Å². The van der Waals surface area contributed by atoms with Gasteiger partial charge in [-0.05, 0) is 42.5 Å². The molecule has 1 heterocycles. The van der Waals surface area contributed by atoms with E-state index >= 15 is 0 Å². The van der Waals surface area contributed by atoms with E-state index in [1.807, 2.05) is 0 Å². The van der Waals surface area contributed by atoms with Crippen LogP contribution in [0, 0.1) is 5.82 Å². The molecule has 1 atom stereocenters. The van der Waals surface area contributed by atoms with E-state index in [2.05, 4.69) is 20.8 Å². The molecule has 33 heavy (non-hydrogen) atoms. The zero-order chi connectivity index (χ0) is 24.0. The van der Waals surface area contributed by atoms with E-state index in [9.17, 15) is 19.1 Å². The van der Waals surface area contributed by atoms with Gasteiger partial charge in [-0.15, -0.1) is 10.2 Å². The van der Waals surface area contributed by atoms with E-state index in [0.717, 1.165) is 17.8 Å². The van der Waals surface area contributed by atoms with Crippen molar-refractivity contribution in [3.05, 3.63) is 64.7 Å². The van der Waals surface area contributed by atoms with Crippen molar-refractivity contribution in [3.63, 3.8) is 0 Å². The number of hydrogen-bond acceptors (Lipinski definition) is 7. The number of ether oxygens (including phenoxy) is 1. The van der Waals surface area contributed by atoms with E-state index in [4.69, 9.17) is 16.3 Å². The number of thioether (sulfide) groups is 1. The molecule has 3 aromatic rings. The molecule has 12 heteroatoms. The van der Waals surface area contributed by atoms with E-state index in [1.54, 1.807) is 35.9 Å². The normalized spacial score (nSPS) is 11.7. The van der Waals surface area contributed by atoms with Crippen molar-refractivity contribution in [2.24, 2.45) is 7.05 Å². The Kier molecular flexibility index (Phi) is 8.26. The van der Waals surface area contributed by atoms with Crippen LogP contribution in [0.5, 0.6) is 5.75 Å². The molecule has 3 rings (SSSR count). The second-order valence-electron chi connectivity index (χ2n) is 6.80. The average molecular weight is 494 g/mol. The third kappa shape index (κ3) is 6.21. The summed E-state index contributed by atoms with van der Waals surface area (Å²) in [7, 11) is 3.19. The average Bonchev–Trinajstić information content (AvgIpc) is 3.18. The predicted molar refractivity (Wildman–Crippen MR) is 122 cm³/mol. The van der Waals surface area contributed by atoms with Crippen molar-refractivity contribution in [1.29, 1.82) is 0 Å². The summed E-state index contributed by atoms with van der Waals surface area (Å²) in [4.78, 5) is 24.7. The lowest BCUT2D eigenvalue weighted by molar-refractivity contribution is -0.113. The lowest BCUT2D eigenvalue weighted by atomic mass is 10.2. The van der Waals surface area contributed by atoms with Crippen LogP contribution < -0.4 is 15.4 Å². The van der Waals surface area contributed by atoms with Gasteiger partial charge >= 0.3 is 0 Å². The van der Waals surface area contributed by atoms with Crippen molar-refractivity contribution >= 4 is 40.9 Å². The molecule has 0 unspecified atom stereocenters. The highest BCUT2D eigenvalue weighted by Gasteiger charge is 2.22. The van der Waals surface area contributed by atoms with Gasteiger partial charge in [0.25, 0.3) is 5.91 Å². The number of hydrogen-bond donors (Lipinski definition) is 3. The van der Waals surface area contributed by atoms with Gasteiger partial charge in [0.15, 0.2) is 11.0 Å². The molecule has 1 aromatic heterocycles. The molecule has 0 fully saturated rings. The second kappa shape index (κ2) is 11.1. The largest absolute Gasteiger partial charge is 0.497 e. The van der Waals surface area contributed by atoms with E-state index in [-0.39, 0.29) is 16.7 Å². The van der Waals surface area contributed by atoms with Crippen LogP contribution in [0.1, 0.15) is 22.2 Å². The van der Waals surface area contributed by atoms with Gasteiger partial charge in [0.1, 0.15) is 17.6 Å². The molecule has 3 N–H and O–H groups in total. The van der Waals surface area contributed by atoms with E-state index in [1.165, 1.54) is 19.2 Å². The summed E-state index contributed by atoms with van der Waals surface area (Å²) in [5.41, 5.74) is 0.760. The number of aliphatic hydroxyl groups is 1. The summed E-state index contributed by atoms with van der Waals surface area (Å²) in [6.07, 6.45) is 0. The highest BCUT2D eigenvalue weighted by molar-refractivity contribution is 7.99. The Labute approximate surface area is 198 Å². The lowest BCUT2D eigenvalue weighted by Gasteiger charge is -2.16. The molecule has 0 radical (unpaired) electrons. The molecule has 174 valence electrons. The topological polar surface area (TPSA) is 118 Å². The van der Waals surface area contributed by atoms with Gasteiger partial charge in [0, 0.05) is 18.3 Å². The highest BCUT2D eigenvalue weighted by Crippen LogP contribution is 2.22. The molecule has 0 saturated heterocycles. The van der Waals surface area contributed by atoms with Gasteiger partial charge in [-0.1, -0.05) is 23.4 Å². The van der Waals surface area contributed by atoms with E-state index in [0.29, 0.717) is 28.0 Å². The first-order valence-electron chi connectivity index (χ1n) is 9.65. The highest BCUT2D eigenvalue weighted by atomic mass is 35.5. The minimum Gasteiger partial charge on any atom is -0.497 e. The van der Waals surface area contributed by atoms with Crippen LogP contribution in [0.2, 0.25) is 5.02 Å². The Morgan fingerprint density at radius 2 is 1.97 bits per heavy atom. The number of carbonyl (C=O) groups is 2. The van der Waals surface area contributed by atoms with Crippen molar-refractivity contribution < 1.29 is 23.8 Å². The van der Waals surface area contributed by atoms with Crippen LogP contribution in [0.4, 0.5) is 10.1 Å². The Morgan fingerprint density at radius 1 is 1.24 bits per heavy atom. The van der Waals surface area contributed by atoms with Gasteiger partial charge in [0.05, 0.1) is 24.5 Å². The summed E-state index contributed by atoms with van der Waals surface area (Å²) in [6.45, 7) is -0.398. The number of aliphatic hydroxyl groups excluding tert-OH is 1. The first-order valence-corrected chi connectivity index (χ1v) is 11.0. The number of carbonyl (C=O) groups excluding carboxylic acids is 2. The minimum atomic E-state index is -0.804. The van der Waals surface area contributed by atoms with Crippen LogP contribution in [-0.4, -0.2) is 51.2 Å². The third-order valence-corrected chi connectivity index (χ3v) is 5.87.